The second kappa shape index (κ2) is 5.84. The molecule has 1 amide bonds. The van der Waals surface area contributed by atoms with Crippen molar-refractivity contribution >= 4 is 39.7 Å². The second-order valence-corrected chi connectivity index (χ2v) is 6.36. The molecule has 0 aliphatic carbocycles. The molecule has 3 heterocycles. The van der Waals surface area contributed by atoms with Crippen molar-refractivity contribution in [2.24, 2.45) is 5.92 Å². The van der Waals surface area contributed by atoms with Crippen LogP contribution < -0.4 is 16.0 Å². The molecular weight excluding hydrogens is 302 g/mol. The number of fused-ring (bicyclic) bond motifs is 1. The zero-order valence-corrected chi connectivity index (χ0v) is 13.4. The summed E-state index contributed by atoms with van der Waals surface area (Å²) in [4.78, 5) is 21.0. The van der Waals surface area contributed by atoms with Crippen LogP contribution in [0.2, 0.25) is 0 Å². The third kappa shape index (κ3) is 2.98. The van der Waals surface area contributed by atoms with Crippen molar-refractivity contribution in [1.29, 1.82) is 0 Å². The third-order valence-corrected chi connectivity index (χ3v) is 3.80. The van der Waals surface area contributed by atoms with E-state index >= 15 is 0 Å². The Morgan fingerprint density at radius 3 is 2.91 bits per heavy atom. The molecule has 8 nitrogen and oxygen atoms in total. The van der Waals surface area contributed by atoms with Gasteiger partial charge in [-0.05, 0) is 19.3 Å². The van der Waals surface area contributed by atoms with Gasteiger partial charge in [0.25, 0.3) is 0 Å². The van der Waals surface area contributed by atoms with Gasteiger partial charge in [0, 0.05) is 0 Å². The fraction of sp³-hybridized carbons (Fsp3) is 0.462. The van der Waals surface area contributed by atoms with Crippen molar-refractivity contribution in [1.82, 2.24) is 20.2 Å². The van der Waals surface area contributed by atoms with Gasteiger partial charge in [0.1, 0.15) is 23.1 Å². The van der Waals surface area contributed by atoms with Crippen LogP contribution in [0, 0.1) is 12.8 Å². The van der Waals surface area contributed by atoms with Crippen LogP contribution in [-0.4, -0.2) is 32.1 Å². The second-order valence-electron chi connectivity index (χ2n) is 5.53. The highest BCUT2D eigenvalue weighted by Crippen LogP contribution is 2.34. The summed E-state index contributed by atoms with van der Waals surface area (Å²) in [6.45, 7) is 5.97. The molecule has 1 unspecified atom stereocenters. The van der Waals surface area contributed by atoms with E-state index in [4.69, 9.17) is 0 Å². The Balaban J connectivity index is 1.92. The van der Waals surface area contributed by atoms with Crippen LogP contribution in [0.3, 0.4) is 0 Å². The number of aromatic nitrogens is 4. The number of nitrogens with zero attached hydrogens (tertiary/aromatic N) is 4. The quantitative estimate of drug-likeness (QED) is 0.793. The van der Waals surface area contributed by atoms with Gasteiger partial charge < -0.3 is 16.0 Å². The molecule has 3 N–H and O–H groups in total. The number of carbonyl (C=O) groups excluding carboxylic acids is 1. The molecule has 0 spiro atoms. The summed E-state index contributed by atoms with van der Waals surface area (Å²) < 4.78 is 0. The van der Waals surface area contributed by atoms with Gasteiger partial charge in [-0.1, -0.05) is 25.2 Å². The van der Waals surface area contributed by atoms with Crippen LogP contribution >= 0.6 is 11.3 Å². The molecule has 0 saturated carbocycles. The highest BCUT2D eigenvalue weighted by molar-refractivity contribution is 7.13. The fourth-order valence-electron chi connectivity index (χ4n) is 2.29. The predicted octanol–water partition coefficient (Wildman–Crippen LogP) is 2.16. The summed E-state index contributed by atoms with van der Waals surface area (Å²) in [5.41, 5.74) is 2.17. The Bertz CT molecular complexity index is 686. The number of hydrogen-bond donors (Lipinski definition) is 3. The average Bonchev–Trinajstić information content (AvgIpc) is 2.93. The van der Waals surface area contributed by atoms with E-state index in [9.17, 15) is 4.79 Å². The van der Waals surface area contributed by atoms with Gasteiger partial charge in [0.2, 0.25) is 11.0 Å². The average molecular weight is 319 g/mol. The Hall–Kier alpha value is -2.29. The molecule has 0 saturated heterocycles. The topological polar surface area (TPSA) is 105 Å². The smallest absolute Gasteiger partial charge is 0.247 e. The number of anilines is 4. The molecule has 22 heavy (non-hydrogen) atoms. The zero-order valence-electron chi connectivity index (χ0n) is 12.5. The maximum atomic E-state index is 12.2. The Labute approximate surface area is 131 Å². The van der Waals surface area contributed by atoms with Crippen LogP contribution in [0.25, 0.3) is 0 Å². The van der Waals surface area contributed by atoms with E-state index in [0.29, 0.717) is 34.2 Å². The highest BCUT2D eigenvalue weighted by Gasteiger charge is 2.29. The summed E-state index contributed by atoms with van der Waals surface area (Å²) in [7, 11) is 0. The predicted molar refractivity (Wildman–Crippen MR) is 85.5 cm³/mol. The number of aryl methyl sites for hydroxylation is 1. The lowest BCUT2D eigenvalue weighted by atomic mass is 10.0. The minimum Gasteiger partial charge on any atom is -0.356 e. The van der Waals surface area contributed by atoms with E-state index < -0.39 is 0 Å². The van der Waals surface area contributed by atoms with Gasteiger partial charge >= 0.3 is 0 Å². The molecule has 2 aromatic heterocycles. The van der Waals surface area contributed by atoms with Crippen molar-refractivity contribution in [3.05, 3.63) is 11.3 Å². The first-order valence-corrected chi connectivity index (χ1v) is 7.90. The van der Waals surface area contributed by atoms with Crippen LogP contribution in [-0.2, 0) is 4.79 Å². The van der Waals surface area contributed by atoms with Crippen molar-refractivity contribution < 1.29 is 4.79 Å². The van der Waals surface area contributed by atoms with E-state index in [1.54, 1.807) is 12.4 Å². The molecule has 0 radical (unpaired) electrons. The summed E-state index contributed by atoms with van der Waals surface area (Å²) in [5, 5.41) is 17.5. The Kier molecular flexibility index (Phi) is 3.88. The van der Waals surface area contributed by atoms with Crippen LogP contribution in [0.4, 0.5) is 22.5 Å². The monoisotopic (exact) mass is 319 g/mol. The van der Waals surface area contributed by atoms with Gasteiger partial charge in [-0.25, -0.2) is 9.97 Å². The fourth-order valence-corrected chi connectivity index (χ4v) is 2.74. The summed E-state index contributed by atoms with van der Waals surface area (Å²) in [6, 6.07) is -0.281. The molecule has 0 bridgehead atoms. The van der Waals surface area contributed by atoms with Crippen LogP contribution in [0.15, 0.2) is 5.51 Å². The number of hydrogen-bond acceptors (Lipinski definition) is 8. The van der Waals surface area contributed by atoms with Crippen molar-refractivity contribution in [3.63, 3.8) is 0 Å². The number of rotatable bonds is 4. The first-order valence-electron chi connectivity index (χ1n) is 7.02. The maximum Gasteiger partial charge on any atom is 0.247 e. The first kappa shape index (κ1) is 14.6. The Morgan fingerprint density at radius 2 is 2.23 bits per heavy atom. The summed E-state index contributed by atoms with van der Waals surface area (Å²) in [5.74, 6) is 2.09. The van der Waals surface area contributed by atoms with E-state index in [2.05, 4.69) is 50.0 Å². The zero-order chi connectivity index (χ0) is 15.7. The van der Waals surface area contributed by atoms with E-state index in [1.807, 2.05) is 0 Å². The normalized spacial score (nSPS) is 16.9. The van der Waals surface area contributed by atoms with Crippen LogP contribution in [0.5, 0.6) is 0 Å². The first-order chi connectivity index (χ1) is 10.5. The summed E-state index contributed by atoms with van der Waals surface area (Å²) in [6.07, 6.45) is 0.744. The largest absolute Gasteiger partial charge is 0.356 e. The lowest BCUT2D eigenvalue weighted by molar-refractivity contribution is -0.117. The van der Waals surface area contributed by atoms with Crippen molar-refractivity contribution in [2.45, 2.75) is 33.2 Å². The molecule has 1 aliphatic heterocycles. The molecule has 9 heteroatoms. The molecule has 0 aromatic carbocycles. The molecule has 3 rings (SSSR count). The van der Waals surface area contributed by atoms with Crippen molar-refractivity contribution in [3.8, 4) is 0 Å². The van der Waals surface area contributed by atoms with Gasteiger partial charge in [-0.2, -0.15) is 0 Å². The van der Waals surface area contributed by atoms with Gasteiger partial charge in [-0.3, -0.25) is 4.79 Å². The van der Waals surface area contributed by atoms with E-state index in [1.165, 1.54) is 11.3 Å². The maximum absolute atomic E-state index is 12.2. The SMILES string of the molecule is Cc1nc(Nc2nncs2)c2c(n1)NC(CC(C)C)C(=O)N2. The number of amides is 1. The minimum absolute atomic E-state index is 0.0750. The highest BCUT2D eigenvalue weighted by atomic mass is 32.1. The van der Waals surface area contributed by atoms with Gasteiger partial charge in [0.15, 0.2) is 11.6 Å². The van der Waals surface area contributed by atoms with Gasteiger partial charge in [0.05, 0.1) is 0 Å². The molecular formula is C13H17N7OS. The summed E-state index contributed by atoms with van der Waals surface area (Å²) >= 11 is 1.36. The molecule has 0 fully saturated rings. The lowest BCUT2D eigenvalue weighted by Crippen LogP contribution is -2.40. The number of carbonyl (C=O) groups is 1. The molecule has 2 aromatic rings. The number of nitrogens with one attached hydrogen (secondary N) is 3. The lowest BCUT2D eigenvalue weighted by Gasteiger charge is -2.28. The molecule has 1 aliphatic rings. The minimum atomic E-state index is -0.281. The third-order valence-electron chi connectivity index (χ3n) is 3.19. The van der Waals surface area contributed by atoms with Crippen molar-refractivity contribution in [2.75, 3.05) is 16.0 Å². The van der Waals surface area contributed by atoms with Crippen LogP contribution in [0.1, 0.15) is 26.1 Å². The Morgan fingerprint density at radius 1 is 1.41 bits per heavy atom. The molecule has 1 atom stereocenters. The van der Waals surface area contributed by atoms with E-state index in [-0.39, 0.29) is 11.9 Å². The standard InChI is InChI=1S/C13H17N7OS/c1-6(2)4-8-12(21)18-9-10(17-8)15-7(3)16-11(9)19-13-20-14-5-22-13/h5-6,8H,4H2,1-3H3,(H,18,21)(H2,15,16,17,19,20). The van der Waals surface area contributed by atoms with Gasteiger partial charge in [-0.15, -0.1) is 10.2 Å². The molecule has 116 valence electrons. The van der Waals surface area contributed by atoms with E-state index in [0.717, 1.165) is 6.42 Å².